The first-order valence-corrected chi connectivity index (χ1v) is 6.12. The van der Waals surface area contributed by atoms with Crippen molar-refractivity contribution in [2.24, 2.45) is 5.73 Å². The molecule has 7 heteroatoms. The molecule has 1 aliphatic rings. The molecule has 4 N–H and O–H groups in total. The summed E-state index contributed by atoms with van der Waals surface area (Å²) < 4.78 is 4.81. The van der Waals surface area contributed by atoms with Gasteiger partial charge in [-0.25, -0.2) is 4.79 Å². The fraction of sp³-hybridized carbons (Fsp3) is 0.818. The maximum absolute atomic E-state index is 11.5. The Labute approximate surface area is 106 Å². The van der Waals surface area contributed by atoms with Crippen molar-refractivity contribution >= 4 is 11.9 Å². The van der Waals surface area contributed by atoms with Gasteiger partial charge in [-0.15, -0.1) is 0 Å². The highest BCUT2D eigenvalue weighted by Gasteiger charge is 2.17. The molecular formula is C11H21N3O4. The summed E-state index contributed by atoms with van der Waals surface area (Å²) in [4.78, 5) is 23.8. The second kappa shape index (κ2) is 8.02. The predicted octanol–water partition coefficient (Wildman–Crippen LogP) is -1.37. The SMILES string of the molecule is NC1CCN(CC(=O)NCCOCC(=O)O)CC1. The topological polar surface area (TPSA) is 105 Å². The van der Waals surface area contributed by atoms with Crippen LogP contribution in [0, 0.1) is 0 Å². The second-order valence-corrected chi connectivity index (χ2v) is 4.41. The zero-order valence-electron chi connectivity index (χ0n) is 10.4. The molecule has 7 nitrogen and oxygen atoms in total. The molecule has 1 saturated heterocycles. The number of likely N-dealkylation sites (tertiary alicyclic amines) is 1. The largest absolute Gasteiger partial charge is 0.480 e. The molecule has 0 spiro atoms. The van der Waals surface area contributed by atoms with Crippen molar-refractivity contribution in [1.82, 2.24) is 10.2 Å². The van der Waals surface area contributed by atoms with Gasteiger partial charge in [0.05, 0.1) is 13.2 Å². The highest BCUT2D eigenvalue weighted by molar-refractivity contribution is 5.78. The molecule has 0 unspecified atom stereocenters. The van der Waals surface area contributed by atoms with E-state index in [4.69, 9.17) is 15.6 Å². The highest BCUT2D eigenvalue weighted by Crippen LogP contribution is 2.06. The summed E-state index contributed by atoms with van der Waals surface area (Å²) in [7, 11) is 0. The maximum atomic E-state index is 11.5. The Morgan fingerprint density at radius 1 is 1.39 bits per heavy atom. The van der Waals surface area contributed by atoms with Crippen molar-refractivity contribution < 1.29 is 19.4 Å². The van der Waals surface area contributed by atoms with Gasteiger partial charge >= 0.3 is 5.97 Å². The summed E-state index contributed by atoms with van der Waals surface area (Å²) in [6, 6.07) is 0.258. The van der Waals surface area contributed by atoms with Crippen LogP contribution in [0.5, 0.6) is 0 Å². The van der Waals surface area contributed by atoms with Crippen LogP contribution in [-0.4, -0.2) is 67.3 Å². The van der Waals surface area contributed by atoms with Crippen LogP contribution < -0.4 is 11.1 Å². The summed E-state index contributed by atoms with van der Waals surface area (Å²) in [5.41, 5.74) is 5.77. The summed E-state index contributed by atoms with van der Waals surface area (Å²) in [6.45, 7) is 2.28. The van der Waals surface area contributed by atoms with Gasteiger partial charge in [0.15, 0.2) is 0 Å². The molecule has 0 aromatic carbocycles. The lowest BCUT2D eigenvalue weighted by Crippen LogP contribution is -2.45. The Morgan fingerprint density at radius 2 is 2.06 bits per heavy atom. The number of amides is 1. The van der Waals surface area contributed by atoms with E-state index < -0.39 is 5.97 Å². The molecular weight excluding hydrogens is 238 g/mol. The Balaban J connectivity index is 2.01. The first kappa shape index (κ1) is 14.9. The second-order valence-electron chi connectivity index (χ2n) is 4.41. The lowest BCUT2D eigenvalue weighted by Gasteiger charge is -2.29. The minimum absolute atomic E-state index is 0.0654. The molecule has 0 saturated carbocycles. The van der Waals surface area contributed by atoms with Crippen LogP contribution in [0.2, 0.25) is 0 Å². The Morgan fingerprint density at radius 3 is 2.67 bits per heavy atom. The molecule has 0 bridgehead atoms. The standard InChI is InChI=1S/C11H21N3O4/c12-9-1-4-14(5-2-9)7-10(15)13-3-6-18-8-11(16)17/h9H,1-8,12H2,(H,13,15)(H,16,17). The van der Waals surface area contributed by atoms with Gasteiger partial charge < -0.3 is 20.9 Å². The van der Waals surface area contributed by atoms with E-state index >= 15 is 0 Å². The van der Waals surface area contributed by atoms with E-state index in [0.29, 0.717) is 13.1 Å². The molecule has 1 amide bonds. The number of carbonyl (C=O) groups excluding carboxylic acids is 1. The number of ether oxygens (including phenoxy) is 1. The molecule has 1 fully saturated rings. The number of rotatable bonds is 7. The third-order valence-electron chi connectivity index (χ3n) is 2.79. The summed E-state index contributed by atoms with van der Waals surface area (Å²) in [5.74, 6) is -1.07. The van der Waals surface area contributed by atoms with E-state index in [0.717, 1.165) is 25.9 Å². The first-order chi connectivity index (χ1) is 8.58. The van der Waals surface area contributed by atoms with E-state index in [1.807, 2.05) is 0 Å². The predicted molar refractivity (Wildman–Crippen MR) is 65.1 cm³/mol. The van der Waals surface area contributed by atoms with E-state index in [2.05, 4.69) is 10.2 Å². The number of carbonyl (C=O) groups is 2. The van der Waals surface area contributed by atoms with E-state index in [9.17, 15) is 9.59 Å². The monoisotopic (exact) mass is 259 g/mol. The van der Waals surface area contributed by atoms with Crippen molar-refractivity contribution in [2.75, 3.05) is 39.4 Å². The van der Waals surface area contributed by atoms with Crippen LogP contribution in [-0.2, 0) is 14.3 Å². The Kier molecular flexibility index (Phi) is 6.63. The molecule has 104 valence electrons. The van der Waals surface area contributed by atoms with Crippen molar-refractivity contribution in [3.05, 3.63) is 0 Å². The minimum atomic E-state index is -1.01. The Hall–Kier alpha value is -1.18. The number of nitrogens with one attached hydrogen (secondary N) is 1. The van der Waals surface area contributed by atoms with Crippen LogP contribution in [0.3, 0.4) is 0 Å². The third kappa shape index (κ3) is 6.53. The van der Waals surface area contributed by atoms with E-state index in [-0.39, 0.29) is 25.2 Å². The van der Waals surface area contributed by atoms with Crippen molar-refractivity contribution in [2.45, 2.75) is 18.9 Å². The molecule has 0 aliphatic carbocycles. The summed E-state index contributed by atoms with van der Waals surface area (Å²) in [5, 5.41) is 11.0. The number of carboxylic acids is 1. The van der Waals surface area contributed by atoms with Crippen LogP contribution in [0.25, 0.3) is 0 Å². The van der Waals surface area contributed by atoms with E-state index in [1.54, 1.807) is 0 Å². The number of nitrogens with zero attached hydrogens (tertiary/aromatic N) is 1. The molecule has 1 rings (SSSR count). The van der Waals surface area contributed by atoms with Crippen LogP contribution in [0.4, 0.5) is 0 Å². The lowest BCUT2D eigenvalue weighted by molar-refractivity contribution is -0.142. The third-order valence-corrected chi connectivity index (χ3v) is 2.79. The number of aliphatic carboxylic acids is 1. The first-order valence-electron chi connectivity index (χ1n) is 6.12. The normalized spacial score (nSPS) is 17.6. The number of piperidine rings is 1. The minimum Gasteiger partial charge on any atom is -0.480 e. The molecule has 0 radical (unpaired) electrons. The molecule has 0 aromatic rings. The average Bonchev–Trinajstić information content (AvgIpc) is 2.31. The van der Waals surface area contributed by atoms with Crippen LogP contribution in [0.15, 0.2) is 0 Å². The molecule has 1 aliphatic heterocycles. The van der Waals surface area contributed by atoms with Crippen LogP contribution in [0.1, 0.15) is 12.8 Å². The highest BCUT2D eigenvalue weighted by atomic mass is 16.5. The van der Waals surface area contributed by atoms with Gasteiger partial charge in [-0.3, -0.25) is 9.69 Å². The van der Waals surface area contributed by atoms with Gasteiger partial charge in [-0.05, 0) is 12.8 Å². The van der Waals surface area contributed by atoms with Gasteiger partial charge in [0.2, 0.25) is 5.91 Å². The van der Waals surface area contributed by atoms with Crippen LogP contribution >= 0.6 is 0 Å². The zero-order valence-corrected chi connectivity index (χ0v) is 10.4. The number of nitrogens with two attached hydrogens (primary N) is 1. The number of carboxylic acid groups (broad SMARTS) is 1. The van der Waals surface area contributed by atoms with Crippen molar-refractivity contribution in [3.8, 4) is 0 Å². The van der Waals surface area contributed by atoms with E-state index in [1.165, 1.54) is 0 Å². The number of hydrogen-bond acceptors (Lipinski definition) is 5. The summed E-state index contributed by atoms with van der Waals surface area (Å²) >= 11 is 0. The van der Waals surface area contributed by atoms with Gasteiger partial charge in [-0.1, -0.05) is 0 Å². The Bertz CT molecular complexity index is 277. The summed E-state index contributed by atoms with van der Waals surface area (Å²) in [6.07, 6.45) is 1.85. The lowest BCUT2D eigenvalue weighted by atomic mass is 10.1. The van der Waals surface area contributed by atoms with Gasteiger partial charge in [0.25, 0.3) is 0 Å². The molecule has 0 atom stereocenters. The van der Waals surface area contributed by atoms with Crippen molar-refractivity contribution in [1.29, 1.82) is 0 Å². The van der Waals surface area contributed by atoms with Crippen molar-refractivity contribution in [3.63, 3.8) is 0 Å². The average molecular weight is 259 g/mol. The fourth-order valence-electron chi connectivity index (χ4n) is 1.79. The van der Waals surface area contributed by atoms with Gasteiger partial charge in [0.1, 0.15) is 6.61 Å². The molecule has 1 heterocycles. The van der Waals surface area contributed by atoms with Gasteiger partial charge in [-0.2, -0.15) is 0 Å². The van der Waals surface area contributed by atoms with Gasteiger partial charge in [0, 0.05) is 25.7 Å². The maximum Gasteiger partial charge on any atom is 0.329 e. The quantitative estimate of drug-likeness (QED) is 0.487. The molecule has 18 heavy (non-hydrogen) atoms. The zero-order chi connectivity index (χ0) is 13.4. The number of hydrogen-bond donors (Lipinski definition) is 3. The smallest absolute Gasteiger partial charge is 0.329 e. The molecule has 0 aromatic heterocycles. The fourth-order valence-corrected chi connectivity index (χ4v) is 1.79.